The van der Waals surface area contributed by atoms with Crippen LogP contribution in [0.1, 0.15) is 17.8 Å². The molecule has 0 bridgehead atoms. The van der Waals surface area contributed by atoms with Crippen LogP contribution in [0.25, 0.3) is 21.7 Å². The molecule has 10 heteroatoms. The van der Waals surface area contributed by atoms with Crippen LogP contribution >= 0.6 is 11.3 Å². The summed E-state index contributed by atoms with van der Waals surface area (Å²) in [6.45, 7) is 2.35. The number of hydrogen-bond acceptors (Lipinski definition) is 5. The first kappa shape index (κ1) is 20.9. The fourth-order valence-corrected chi connectivity index (χ4v) is 3.90. The summed E-state index contributed by atoms with van der Waals surface area (Å²) in [5.74, 6) is -0.299. The average Bonchev–Trinajstić information content (AvgIpc) is 3.49. The van der Waals surface area contributed by atoms with Crippen LogP contribution in [0.5, 0.6) is 0 Å². The smallest absolute Gasteiger partial charge is 0.282 e. The maximum atomic E-state index is 12.8. The average molecular weight is 442 g/mol. The Kier molecular flexibility index (Phi) is 6.17. The summed E-state index contributed by atoms with van der Waals surface area (Å²) >= 11 is 1.61. The molecule has 0 aliphatic heterocycles. The van der Waals surface area contributed by atoms with Gasteiger partial charge in [-0.2, -0.15) is 10.2 Å². The van der Waals surface area contributed by atoms with Crippen LogP contribution in [0, 0.1) is 6.92 Å². The van der Waals surface area contributed by atoms with Gasteiger partial charge >= 0.3 is 0 Å². The molecule has 31 heavy (non-hydrogen) atoms. The van der Waals surface area contributed by atoms with Gasteiger partial charge in [-0.25, -0.2) is 8.78 Å². The van der Waals surface area contributed by atoms with Gasteiger partial charge in [0.2, 0.25) is 5.91 Å². The minimum Gasteiger partial charge on any atom is -0.353 e. The third-order valence-corrected chi connectivity index (χ3v) is 5.56. The standard InChI is InChI=1S/C21H20F2N6OS/c1-14-11-17(21(22)23)26-29(14)13-19(30)25-8-9-28-12-16(15-4-6-24-7-5-15)20(27-28)18-3-2-10-31-18/h2-7,10-12,21H,8-9,13H2,1H3,(H,25,30). The second-order valence-electron chi connectivity index (χ2n) is 6.89. The number of carbonyl (C=O) groups excluding carboxylic acids is 1. The van der Waals surface area contributed by atoms with E-state index in [2.05, 4.69) is 15.4 Å². The maximum Gasteiger partial charge on any atom is 0.282 e. The largest absolute Gasteiger partial charge is 0.353 e. The topological polar surface area (TPSA) is 77.6 Å². The van der Waals surface area contributed by atoms with Gasteiger partial charge in [-0.05, 0) is 42.1 Å². The molecule has 0 aromatic carbocycles. The first-order valence-electron chi connectivity index (χ1n) is 9.62. The first-order chi connectivity index (χ1) is 15.0. The van der Waals surface area contributed by atoms with Crippen molar-refractivity contribution in [2.45, 2.75) is 26.4 Å². The van der Waals surface area contributed by atoms with Crippen molar-refractivity contribution in [3.05, 3.63) is 65.7 Å². The first-order valence-corrected chi connectivity index (χ1v) is 10.5. The van der Waals surface area contributed by atoms with Gasteiger partial charge in [0.05, 0.1) is 11.4 Å². The van der Waals surface area contributed by atoms with Crippen LogP contribution in [-0.2, 0) is 17.9 Å². The van der Waals surface area contributed by atoms with E-state index in [1.807, 2.05) is 35.8 Å². The van der Waals surface area contributed by atoms with E-state index in [-0.39, 0.29) is 18.1 Å². The number of nitrogens with zero attached hydrogens (tertiary/aromatic N) is 5. The molecule has 160 valence electrons. The summed E-state index contributed by atoms with van der Waals surface area (Å²) in [5, 5.41) is 13.3. The Balaban J connectivity index is 1.41. The number of amides is 1. The Hall–Kier alpha value is -3.40. The highest BCUT2D eigenvalue weighted by atomic mass is 32.1. The van der Waals surface area contributed by atoms with Crippen LogP contribution < -0.4 is 5.32 Å². The van der Waals surface area contributed by atoms with E-state index in [1.54, 1.807) is 35.3 Å². The molecule has 4 aromatic rings. The van der Waals surface area contributed by atoms with Crippen molar-refractivity contribution in [1.29, 1.82) is 0 Å². The highest BCUT2D eigenvalue weighted by molar-refractivity contribution is 7.13. The molecule has 0 spiro atoms. The number of aromatic nitrogens is 5. The van der Waals surface area contributed by atoms with E-state index in [0.29, 0.717) is 18.8 Å². The third kappa shape index (κ3) is 4.85. The van der Waals surface area contributed by atoms with Gasteiger partial charge in [-0.1, -0.05) is 6.07 Å². The second-order valence-corrected chi connectivity index (χ2v) is 7.83. The quantitative estimate of drug-likeness (QED) is 0.449. The van der Waals surface area contributed by atoms with Crippen molar-refractivity contribution < 1.29 is 13.6 Å². The minimum absolute atomic E-state index is 0.111. The van der Waals surface area contributed by atoms with Crippen LogP contribution in [0.4, 0.5) is 8.78 Å². The summed E-state index contributed by atoms with van der Waals surface area (Å²) in [4.78, 5) is 17.3. The van der Waals surface area contributed by atoms with Gasteiger partial charge in [0.15, 0.2) is 0 Å². The van der Waals surface area contributed by atoms with E-state index < -0.39 is 6.43 Å². The molecular weight excluding hydrogens is 422 g/mol. The molecule has 1 amide bonds. The summed E-state index contributed by atoms with van der Waals surface area (Å²) in [6.07, 6.45) is 2.77. The minimum atomic E-state index is -2.66. The van der Waals surface area contributed by atoms with Gasteiger partial charge < -0.3 is 5.32 Å². The number of pyridine rings is 1. The van der Waals surface area contributed by atoms with Crippen molar-refractivity contribution in [3.8, 4) is 21.7 Å². The zero-order valence-electron chi connectivity index (χ0n) is 16.7. The lowest BCUT2D eigenvalue weighted by Gasteiger charge is -2.07. The summed E-state index contributed by atoms with van der Waals surface area (Å²) < 4.78 is 28.6. The Bertz CT molecular complexity index is 1150. The SMILES string of the molecule is Cc1cc(C(F)F)nn1CC(=O)NCCn1cc(-c2ccncc2)c(-c2cccs2)n1. The van der Waals surface area contributed by atoms with Crippen molar-refractivity contribution in [2.75, 3.05) is 6.54 Å². The predicted molar refractivity (Wildman–Crippen MR) is 114 cm³/mol. The molecule has 7 nitrogen and oxygen atoms in total. The Morgan fingerprint density at radius 2 is 2.03 bits per heavy atom. The summed E-state index contributed by atoms with van der Waals surface area (Å²) in [7, 11) is 0. The van der Waals surface area contributed by atoms with Crippen LogP contribution in [-0.4, -0.2) is 37.0 Å². The number of thiophene rings is 1. The van der Waals surface area contributed by atoms with Crippen molar-refractivity contribution in [3.63, 3.8) is 0 Å². The fraction of sp³-hybridized carbons (Fsp3) is 0.238. The number of halogens is 2. The van der Waals surface area contributed by atoms with Crippen molar-refractivity contribution >= 4 is 17.2 Å². The van der Waals surface area contributed by atoms with Crippen LogP contribution in [0.15, 0.2) is 54.3 Å². The number of rotatable bonds is 8. The summed E-state index contributed by atoms with van der Waals surface area (Å²) in [6, 6.07) is 9.14. The lowest BCUT2D eigenvalue weighted by atomic mass is 10.1. The lowest BCUT2D eigenvalue weighted by molar-refractivity contribution is -0.121. The van der Waals surface area contributed by atoms with E-state index >= 15 is 0 Å². The fourth-order valence-electron chi connectivity index (χ4n) is 3.18. The molecule has 0 saturated carbocycles. The van der Waals surface area contributed by atoms with Gasteiger partial charge in [-0.3, -0.25) is 19.1 Å². The molecule has 0 saturated heterocycles. The van der Waals surface area contributed by atoms with Gasteiger partial charge in [0.25, 0.3) is 6.43 Å². The van der Waals surface area contributed by atoms with Gasteiger partial charge in [-0.15, -0.1) is 11.3 Å². The predicted octanol–water partition coefficient (Wildman–Crippen LogP) is 3.93. The third-order valence-electron chi connectivity index (χ3n) is 4.69. The molecule has 4 aromatic heterocycles. The molecular formula is C21H20F2N6OS. The number of aryl methyl sites for hydroxylation is 1. The number of hydrogen-bond donors (Lipinski definition) is 1. The van der Waals surface area contributed by atoms with Gasteiger partial charge in [0, 0.05) is 36.4 Å². The number of carbonyl (C=O) groups is 1. The maximum absolute atomic E-state index is 12.8. The second kappa shape index (κ2) is 9.17. The molecule has 0 fully saturated rings. The number of nitrogens with one attached hydrogen (secondary N) is 1. The van der Waals surface area contributed by atoms with Crippen molar-refractivity contribution in [2.24, 2.45) is 0 Å². The molecule has 4 rings (SSSR count). The van der Waals surface area contributed by atoms with Crippen LogP contribution in [0.2, 0.25) is 0 Å². The van der Waals surface area contributed by atoms with E-state index in [9.17, 15) is 13.6 Å². The number of alkyl halides is 2. The molecule has 4 heterocycles. The van der Waals surface area contributed by atoms with E-state index in [1.165, 1.54) is 10.7 Å². The Labute approximate surface area is 181 Å². The normalized spacial score (nSPS) is 11.2. The van der Waals surface area contributed by atoms with Crippen LogP contribution in [0.3, 0.4) is 0 Å². The zero-order chi connectivity index (χ0) is 21.8. The molecule has 0 atom stereocenters. The van der Waals surface area contributed by atoms with E-state index in [0.717, 1.165) is 21.7 Å². The monoisotopic (exact) mass is 442 g/mol. The zero-order valence-corrected chi connectivity index (χ0v) is 17.5. The van der Waals surface area contributed by atoms with Gasteiger partial charge in [0.1, 0.15) is 17.9 Å². The molecule has 0 unspecified atom stereocenters. The molecule has 0 aliphatic carbocycles. The molecule has 0 aliphatic rings. The highest BCUT2D eigenvalue weighted by Gasteiger charge is 2.16. The molecule has 1 N–H and O–H groups in total. The Morgan fingerprint density at radius 3 is 2.71 bits per heavy atom. The van der Waals surface area contributed by atoms with E-state index in [4.69, 9.17) is 5.10 Å². The Morgan fingerprint density at radius 1 is 1.23 bits per heavy atom. The summed E-state index contributed by atoms with van der Waals surface area (Å²) in [5.41, 5.74) is 3.06. The van der Waals surface area contributed by atoms with Crippen molar-refractivity contribution in [1.82, 2.24) is 29.9 Å². The lowest BCUT2D eigenvalue weighted by Crippen LogP contribution is -2.31. The molecule has 0 radical (unpaired) electrons. The highest BCUT2D eigenvalue weighted by Crippen LogP contribution is 2.33.